The number of aromatic nitrogens is 2. The van der Waals surface area contributed by atoms with E-state index in [1.54, 1.807) is 6.20 Å². The van der Waals surface area contributed by atoms with E-state index in [2.05, 4.69) is 46.5 Å². The van der Waals surface area contributed by atoms with Gasteiger partial charge in [-0.1, -0.05) is 24.6 Å². The minimum atomic E-state index is 0.754. The van der Waals surface area contributed by atoms with Crippen LogP contribution >= 0.6 is 0 Å². The number of anilines is 1. The van der Waals surface area contributed by atoms with Gasteiger partial charge in [0.1, 0.15) is 5.82 Å². The van der Waals surface area contributed by atoms with Crippen LogP contribution in [0.2, 0.25) is 0 Å². The van der Waals surface area contributed by atoms with Gasteiger partial charge in [0.25, 0.3) is 0 Å². The van der Waals surface area contributed by atoms with Crippen LogP contribution < -0.4 is 5.32 Å². The van der Waals surface area contributed by atoms with Gasteiger partial charge in [-0.25, -0.2) is 4.98 Å². The highest BCUT2D eigenvalue weighted by atomic mass is 15.0. The highest BCUT2D eigenvalue weighted by molar-refractivity contribution is 5.61. The third-order valence-corrected chi connectivity index (χ3v) is 3.75. The number of hydrogen-bond acceptors (Lipinski definition) is 3. The first-order valence-electron chi connectivity index (χ1n) is 7.03. The predicted octanol–water partition coefficient (Wildman–Crippen LogP) is 3.84. The summed E-state index contributed by atoms with van der Waals surface area (Å²) in [5, 5.41) is 3.20. The van der Waals surface area contributed by atoms with Gasteiger partial charge in [-0.2, -0.15) is 0 Å². The molecule has 19 heavy (non-hydrogen) atoms. The first kappa shape index (κ1) is 12.2. The SMILES string of the molecule is CCNc1cncc(-c2cccc(C3CCC3)c2)n1. The Morgan fingerprint density at radius 2 is 2.16 bits per heavy atom. The van der Waals surface area contributed by atoms with E-state index in [4.69, 9.17) is 0 Å². The van der Waals surface area contributed by atoms with Crippen LogP contribution in [0.1, 0.15) is 37.7 Å². The van der Waals surface area contributed by atoms with Gasteiger partial charge in [0, 0.05) is 12.1 Å². The van der Waals surface area contributed by atoms with E-state index in [1.807, 2.05) is 6.20 Å². The average molecular weight is 253 g/mol. The predicted molar refractivity (Wildman–Crippen MR) is 78.2 cm³/mol. The van der Waals surface area contributed by atoms with Gasteiger partial charge in [-0.3, -0.25) is 4.98 Å². The molecular weight excluding hydrogens is 234 g/mol. The van der Waals surface area contributed by atoms with Crippen LogP contribution in [-0.2, 0) is 0 Å². The third-order valence-electron chi connectivity index (χ3n) is 3.75. The van der Waals surface area contributed by atoms with E-state index in [0.29, 0.717) is 0 Å². The molecule has 0 unspecified atom stereocenters. The zero-order valence-electron chi connectivity index (χ0n) is 11.3. The number of nitrogens with one attached hydrogen (secondary N) is 1. The molecule has 98 valence electrons. The van der Waals surface area contributed by atoms with Crippen molar-refractivity contribution in [2.45, 2.75) is 32.1 Å². The number of rotatable bonds is 4. The molecule has 0 spiro atoms. The second-order valence-corrected chi connectivity index (χ2v) is 5.07. The zero-order valence-corrected chi connectivity index (χ0v) is 11.3. The standard InChI is InChI=1S/C16H19N3/c1-2-18-16-11-17-10-15(19-16)14-8-4-7-13(9-14)12-5-3-6-12/h4,7-12H,2-3,5-6H2,1H3,(H,18,19). The Hall–Kier alpha value is -1.90. The smallest absolute Gasteiger partial charge is 0.145 e. The molecule has 0 amide bonds. The molecule has 0 atom stereocenters. The Kier molecular flexibility index (Phi) is 3.45. The lowest BCUT2D eigenvalue weighted by Crippen LogP contribution is -2.08. The Morgan fingerprint density at radius 1 is 1.26 bits per heavy atom. The molecule has 0 aliphatic heterocycles. The highest BCUT2D eigenvalue weighted by Crippen LogP contribution is 2.37. The molecular formula is C16H19N3. The van der Waals surface area contributed by atoms with Gasteiger partial charge in [0.05, 0.1) is 18.1 Å². The summed E-state index contributed by atoms with van der Waals surface area (Å²) in [6.45, 7) is 2.92. The van der Waals surface area contributed by atoms with Crippen molar-refractivity contribution in [3.8, 4) is 11.3 Å². The minimum Gasteiger partial charge on any atom is -0.369 e. The quantitative estimate of drug-likeness (QED) is 0.899. The summed E-state index contributed by atoms with van der Waals surface area (Å²) < 4.78 is 0. The summed E-state index contributed by atoms with van der Waals surface area (Å²) in [6.07, 6.45) is 7.62. The molecule has 1 aromatic carbocycles. The molecule has 3 rings (SSSR count). The van der Waals surface area contributed by atoms with E-state index >= 15 is 0 Å². The van der Waals surface area contributed by atoms with E-state index < -0.39 is 0 Å². The van der Waals surface area contributed by atoms with Gasteiger partial charge >= 0.3 is 0 Å². The summed E-state index contributed by atoms with van der Waals surface area (Å²) in [6, 6.07) is 8.74. The lowest BCUT2D eigenvalue weighted by Gasteiger charge is -2.26. The number of hydrogen-bond donors (Lipinski definition) is 1. The van der Waals surface area contributed by atoms with Crippen molar-refractivity contribution in [1.29, 1.82) is 0 Å². The molecule has 3 heteroatoms. The lowest BCUT2D eigenvalue weighted by molar-refractivity contribution is 0.420. The molecule has 1 aliphatic carbocycles. The van der Waals surface area contributed by atoms with Crippen LogP contribution in [0.5, 0.6) is 0 Å². The average Bonchev–Trinajstić information content (AvgIpc) is 2.38. The van der Waals surface area contributed by atoms with Gasteiger partial charge in [0.2, 0.25) is 0 Å². The Balaban J connectivity index is 1.90. The van der Waals surface area contributed by atoms with Crippen molar-refractivity contribution in [3.05, 3.63) is 42.2 Å². The van der Waals surface area contributed by atoms with E-state index in [0.717, 1.165) is 29.5 Å². The largest absolute Gasteiger partial charge is 0.369 e. The maximum absolute atomic E-state index is 4.60. The van der Waals surface area contributed by atoms with Crippen molar-refractivity contribution in [3.63, 3.8) is 0 Å². The van der Waals surface area contributed by atoms with E-state index in [1.165, 1.54) is 24.8 Å². The molecule has 0 saturated heterocycles. The Labute approximate surface area is 114 Å². The second kappa shape index (κ2) is 5.39. The molecule has 3 nitrogen and oxygen atoms in total. The normalized spacial score (nSPS) is 15.0. The van der Waals surface area contributed by atoms with Gasteiger partial charge < -0.3 is 5.32 Å². The molecule has 1 heterocycles. The van der Waals surface area contributed by atoms with Crippen molar-refractivity contribution < 1.29 is 0 Å². The van der Waals surface area contributed by atoms with Crippen LogP contribution in [-0.4, -0.2) is 16.5 Å². The van der Waals surface area contributed by atoms with Gasteiger partial charge in [-0.15, -0.1) is 0 Å². The first-order valence-corrected chi connectivity index (χ1v) is 7.03. The number of nitrogens with zero attached hydrogens (tertiary/aromatic N) is 2. The summed E-state index contributed by atoms with van der Waals surface area (Å²) in [5.41, 5.74) is 3.55. The van der Waals surface area contributed by atoms with Crippen LogP contribution in [0, 0.1) is 0 Å². The third kappa shape index (κ3) is 2.60. The molecule has 2 aromatic rings. The Morgan fingerprint density at radius 3 is 2.89 bits per heavy atom. The maximum atomic E-state index is 4.60. The first-order chi connectivity index (χ1) is 9.36. The summed E-state index contributed by atoms with van der Waals surface area (Å²) in [5.74, 6) is 1.60. The number of benzene rings is 1. The van der Waals surface area contributed by atoms with Crippen molar-refractivity contribution in [1.82, 2.24) is 9.97 Å². The van der Waals surface area contributed by atoms with E-state index in [9.17, 15) is 0 Å². The molecule has 1 aromatic heterocycles. The zero-order chi connectivity index (χ0) is 13.1. The fourth-order valence-electron chi connectivity index (χ4n) is 2.46. The van der Waals surface area contributed by atoms with Crippen LogP contribution in [0.15, 0.2) is 36.7 Å². The topological polar surface area (TPSA) is 37.8 Å². The fourth-order valence-corrected chi connectivity index (χ4v) is 2.46. The molecule has 1 N–H and O–H groups in total. The van der Waals surface area contributed by atoms with Gasteiger partial charge in [-0.05, 0) is 37.3 Å². The minimum absolute atomic E-state index is 0.754. The molecule has 1 aliphatic rings. The van der Waals surface area contributed by atoms with Crippen LogP contribution in [0.4, 0.5) is 5.82 Å². The van der Waals surface area contributed by atoms with Crippen molar-refractivity contribution in [2.75, 3.05) is 11.9 Å². The monoisotopic (exact) mass is 253 g/mol. The lowest BCUT2D eigenvalue weighted by atomic mass is 9.79. The van der Waals surface area contributed by atoms with E-state index in [-0.39, 0.29) is 0 Å². The van der Waals surface area contributed by atoms with Gasteiger partial charge in [0.15, 0.2) is 0 Å². The van der Waals surface area contributed by atoms with Crippen LogP contribution in [0.3, 0.4) is 0 Å². The summed E-state index contributed by atoms with van der Waals surface area (Å²) in [7, 11) is 0. The maximum Gasteiger partial charge on any atom is 0.145 e. The summed E-state index contributed by atoms with van der Waals surface area (Å²) in [4.78, 5) is 8.87. The van der Waals surface area contributed by atoms with Crippen molar-refractivity contribution in [2.24, 2.45) is 0 Å². The molecule has 0 bridgehead atoms. The van der Waals surface area contributed by atoms with Crippen molar-refractivity contribution >= 4 is 5.82 Å². The molecule has 1 saturated carbocycles. The summed E-state index contributed by atoms with van der Waals surface area (Å²) >= 11 is 0. The van der Waals surface area contributed by atoms with Crippen LogP contribution in [0.25, 0.3) is 11.3 Å². The molecule has 0 radical (unpaired) electrons. The highest BCUT2D eigenvalue weighted by Gasteiger charge is 2.19. The second-order valence-electron chi connectivity index (χ2n) is 5.07. The molecule has 1 fully saturated rings. The fraction of sp³-hybridized carbons (Fsp3) is 0.375. The Bertz CT molecular complexity index is 561.